The molecule has 2 bridgehead atoms. The molecule has 1 aliphatic carbocycles. The van der Waals surface area contributed by atoms with Gasteiger partial charge in [0.1, 0.15) is 28.9 Å². The van der Waals surface area contributed by atoms with Crippen LogP contribution in [0.15, 0.2) is 30.5 Å². The summed E-state index contributed by atoms with van der Waals surface area (Å²) >= 11 is 0. The number of halogens is 4. The topological polar surface area (TPSA) is 95.4 Å². The molecule has 236 valence electrons. The molecular formula is C33H34F4N6O2. The summed E-state index contributed by atoms with van der Waals surface area (Å²) in [5.41, 5.74) is -0.946. The number of benzene rings is 2. The molecule has 2 aromatic carbocycles. The molecule has 6 unspecified atom stereocenters. The van der Waals surface area contributed by atoms with Crippen molar-refractivity contribution < 1.29 is 27.4 Å². The first-order valence-corrected chi connectivity index (χ1v) is 15.6. The van der Waals surface area contributed by atoms with Crippen LogP contribution in [-0.4, -0.2) is 71.1 Å². The number of anilines is 1. The van der Waals surface area contributed by atoms with Gasteiger partial charge < -0.3 is 25.4 Å². The zero-order valence-electron chi connectivity index (χ0n) is 24.8. The van der Waals surface area contributed by atoms with E-state index in [2.05, 4.69) is 25.5 Å². The van der Waals surface area contributed by atoms with Crippen molar-refractivity contribution in [3.63, 3.8) is 0 Å². The smallest absolute Gasteiger partial charge is 0.319 e. The Morgan fingerprint density at radius 2 is 1.89 bits per heavy atom. The Hall–Kier alpha value is -3.77. The number of pyridine rings is 1. The average Bonchev–Trinajstić information content (AvgIpc) is 3.77. The lowest BCUT2D eigenvalue weighted by atomic mass is 9.80. The Labute approximate surface area is 257 Å². The first kappa shape index (κ1) is 28.7. The van der Waals surface area contributed by atoms with E-state index in [0.29, 0.717) is 54.6 Å². The zero-order chi connectivity index (χ0) is 31.0. The second-order valence-corrected chi connectivity index (χ2v) is 13.5. The van der Waals surface area contributed by atoms with E-state index in [0.717, 1.165) is 25.5 Å². The lowest BCUT2D eigenvalue weighted by molar-refractivity contribution is 0.0888. The number of alkyl halides is 1. The van der Waals surface area contributed by atoms with E-state index in [-0.39, 0.29) is 52.5 Å². The molecule has 8 nitrogen and oxygen atoms in total. The van der Waals surface area contributed by atoms with Crippen LogP contribution in [-0.2, 0) is 0 Å². The van der Waals surface area contributed by atoms with Crippen LogP contribution in [0.2, 0.25) is 0 Å². The van der Waals surface area contributed by atoms with Gasteiger partial charge in [-0.25, -0.2) is 17.6 Å². The maximum absolute atomic E-state index is 16.6. The molecule has 4 aliphatic rings. The van der Waals surface area contributed by atoms with Crippen molar-refractivity contribution >= 4 is 27.5 Å². The highest BCUT2D eigenvalue weighted by Crippen LogP contribution is 2.51. The van der Waals surface area contributed by atoms with Crippen LogP contribution in [0.4, 0.5) is 23.4 Å². The van der Waals surface area contributed by atoms with E-state index in [4.69, 9.17) is 9.72 Å². The average molecular weight is 623 g/mol. The Morgan fingerprint density at radius 3 is 2.69 bits per heavy atom. The fourth-order valence-corrected chi connectivity index (χ4v) is 7.84. The minimum Gasteiger partial charge on any atom is -0.508 e. The molecule has 45 heavy (non-hydrogen) atoms. The summed E-state index contributed by atoms with van der Waals surface area (Å²) < 4.78 is 66.9. The Balaban J connectivity index is 1.24. The molecule has 12 heteroatoms. The third-order valence-electron chi connectivity index (χ3n) is 10.1. The molecular weight excluding hydrogens is 588 g/mol. The van der Waals surface area contributed by atoms with Crippen LogP contribution >= 0.6 is 0 Å². The molecule has 3 aliphatic heterocycles. The summed E-state index contributed by atoms with van der Waals surface area (Å²) in [6, 6.07) is 5.29. The molecule has 4 aromatic rings. The lowest BCUT2D eigenvalue weighted by Gasteiger charge is -2.36. The number of rotatable bonds is 5. The summed E-state index contributed by atoms with van der Waals surface area (Å²) in [6.07, 6.45) is 3.54. The van der Waals surface area contributed by atoms with Gasteiger partial charge in [0.15, 0.2) is 17.5 Å². The number of nitrogens with zero attached hydrogens (tertiary/aromatic N) is 4. The van der Waals surface area contributed by atoms with Crippen LogP contribution in [0.1, 0.15) is 32.6 Å². The van der Waals surface area contributed by atoms with E-state index in [1.54, 1.807) is 0 Å². The van der Waals surface area contributed by atoms with E-state index in [9.17, 15) is 13.9 Å². The maximum atomic E-state index is 16.6. The van der Waals surface area contributed by atoms with E-state index in [1.807, 2.05) is 6.92 Å². The SMILES string of the molecule is CC1(COc2nc(N3CC4NC(C3)C3CC43)c3cnc(-c4cc(O)cc5ccc(F)c(F)c45)c(F)c3n2)CCCNCC(F)C1. The number of piperazine rings is 1. The van der Waals surface area contributed by atoms with Crippen molar-refractivity contribution in [2.24, 2.45) is 17.3 Å². The number of ether oxygens (including phenoxy) is 1. The number of aromatic hydroxyl groups is 1. The van der Waals surface area contributed by atoms with Crippen LogP contribution in [0.5, 0.6) is 11.8 Å². The number of phenols is 1. The molecule has 3 N–H and O–H groups in total. The number of aromatic nitrogens is 3. The third kappa shape index (κ3) is 5.02. The number of hydrogen-bond donors (Lipinski definition) is 3. The van der Waals surface area contributed by atoms with Crippen LogP contribution < -0.4 is 20.3 Å². The fourth-order valence-electron chi connectivity index (χ4n) is 7.84. The molecule has 0 spiro atoms. The minimum absolute atomic E-state index is 0.0422. The molecule has 5 heterocycles. The minimum atomic E-state index is -1.17. The van der Waals surface area contributed by atoms with Crippen LogP contribution in [0.3, 0.4) is 0 Å². The van der Waals surface area contributed by atoms with Gasteiger partial charge in [-0.3, -0.25) is 4.98 Å². The van der Waals surface area contributed by atoms with Crippen molar-refractivity contribution in [3.05, 3.63) is 47.9 Å². The number of fused-ring (bicyclic) bond motifs is 7. The maximum Gasteiger partial charge on any atom is 0.319 e. The standard InChI is InChI=1S/C33H34F4N6O2/c1-33(5-2-6-38-11-17(34)10-33)15-45-32-41-30-22(31(42-32)43-13-24-19-9-20(19)25(14-43)40-24)12-39-29(28(30)37)21-8-18(44)7-16-3-4-23(35)27(36)26(16)21/h3-4,7-8,12,17,19-20,24-25,38,40,44H,2,5-6,9-11,13-15H2,1H3. The molecule has 8 rings (SSSR count). The second kappa shape index (κ2) is 10.7. The quantitative estimate of drug-likeness (QED) is 0.260. The Morgan fingerprint density at radius 1 is 1.09 bits per heavy atom. The van der Waals surface area contributed by atoms with Gasteiger partial charge in [-0.15, -0.1) is 0 Å². The summed E-state index contributed by atoms with van der Waals surface area (Å²) in [4.78, 5) is 15.8. The lowest BCUT2D eigenvalue weighted by Crippen LogP contribution is -2.54. The van der Waals surface area contributed by atoms with Gasteiger partial charge in [0.25, 0.3) is 0 Å². The third-order valence-corrected chi connectivity index (χ3v) is 10.1. The van der Waals surface area contributed by atoms with Crippen molar-refractivity contribution in [3.8, 4) is 23.0 Å². The molecule has 2 aromatic heterocycles. The van der Waals surface area contributed by atoms with Gasteiger partial charge in [-0.05, 0) is 67.6 Å². The summed E-state index contributed by atoms with van der Waals surface area (Å²) in [5, 5.41) is 17.6. The molecule has 6 atom stereocenters. The molecule has 4 fully saturated rings. The van der Waals surface area contributed by atoms with Gasteiger partial charge in [0.2, 0.25) is 0 Å². The second-order valence-electron chi connectivity index (χ2n) is 13.5. The highest BCUT2D eigenvalue weighted by atomic mass is 19.2. The normalized spacial score (nSPS) is 29.4. The first-order valence-electron chi connectivity index (χ1n) is 15.6. The Kier molecular flexibility index (Phi) is 6.79. The largest absolute Gasteiger partial charge is 0.508 e. The number of phenolic OH excluding ortho intramolecular Hbond substituents is 1. The van der Waals surface area contributed by atoms with Gasteiger partial charge in [0.05, 0.1) is 12.0 Å². The van der Waals surface area contributed by atoms with E-state index < -0.39 is 29.0 Å². The van der Waals surface area contributed by atoms with Gasteiger partial charge in [-0.1, -0.05) is 13.0 Å². The van der Waals surface area contributed by atoms with E-state index in [1.165, 1.54) is 30.8 Å². The predicted octanol–water partition coefficient (Wildman–Crippen LogP) is 5.26. The Bertz CT molecular complexity index is 1810. The molecule has 1 saturated carbocycles. The van der Waals surface area contributed by atoms with Crippen LogP contribution in [0, 0.1) is 34.7 Å². The van der Waals surface area contributed by atoms with Gasteiger partial charge in [0, 0.05) is 54.3 Å². The van der Waals surface area contributed by atoms with Crippen molar-refractivity contribution in [2.75, 3.05) is 37.7 Å². The molecule has 0 amide bonds. The molecule has 3 saturated heterocycles. The van der Waals surface area contributed by atoms with Crippen LogP contribution in [0.25, 0.3) is 32.9 Å². The molecule has 0 radical (unpaired) electrons. The summed E-state index contributed by atoms with van der Waals surface area (Å²) in [6.45, 7) is 4.50. The van der Waals surface area contributed by atoms with Crippen molar-refractivity contribution in [1.29, 1.82) is 0 Å². The number of hydrogen-bond acceptors (Lipinski definition) is 8. The predicted molar refractivity (Wildman–Crippen MR) is 162 cm³/mol. The van der Waals surface area contributed by atoms with E-state index >= 15 is 8.78 Å². The highest BCUT2D eigenvalue weighted by molar-refractivity contribution is 6.00. The number of nitrogens with one attached hydrogen (secondary N) is 2. The highest BCUT2D eigenvalue weighted by Gasteiger charge is 2.57. The van der Waals surface area contributed by atoms with Gasteiger partial charge >= 0.3 is 6.01 Å². The first-order chi connectivity index (χ1) is 21.7. The fraction of sp³-hybridized carbons (Fsp3) is 0.485. The monoisotopic (exact) mass is 622 g/mol. The summed E-state index contributed by atoms with van der Waals surface area (Å²) in [5.74, 6) is -1.65. The summed E-state index contributed by atoms with van der Waals surface area (Å²) in [7, 11) is 0. The number of piperidine rings is 1. The van der Waals surface area contributed by atoms with Gasteiger partial charge in [-0.2, -0.15) is 9.97 Å². The van der Waals surface area contributed by atoms with Crippen molar-refractivity contribution in [2.45, 2.75) is 50.9 Å². The van der Waals surface area contributed by atoms with Crippen molar-refractivity contribution in [1.82, 2.24) is 25.6 Å². The zero-order valence-corrected chi connectivity index (χ0v) is 24.8.